The Labute approximate surface area is 472 Å². The Morgan fingerprint density at radius 1 is 0.359 bits per heavy atom. The van der Waals surface area contributed by atoms with Crippen LogP contribution in [0.3, 0.4) is 0 Å². The van der Waals surface area contributed by atoms with Gasteiger partial charge in [-0.05, 0) is 0 Å². The normalized spacial score (nSPS) is 15.9. The molecular weight excluding hydrogens is 1080 g/mol. The molecule has 0 fully saturated rings. The Balaban J connectivity index is 1.14. The van der Waals surface area contributed by atoms with Gasteiger partial charge < -0.3 is 0 Å². The summed E-state index contributed by atoms with van der Waals surface area (Å²) in [6.45, 7) is 4.65. The van der Waals surface area contributed by atoms with Gasteiger partial charge in [-0.25, -0.2) is 0 Å². The van der Waals surface area contributed by atoms with E-state index in [1.54, 1.807) is 0 Å². The summed E-state index contributed by atoms with van der Waals surface area (Å²) in [6.07, 6.45) is 11.3. The molecule has 10 aromatic rings. The zero-order chi connectivity index (χ0) is 52.8. The third-order valence-corrected chi connectivity index (χ3v) is 40.2. The Kier molecular flexibility index (Phi) is 13.8. The molecule has 13 rings (SSSR count). The molecule has 2 aliphatic carbocycles. The number of fused-ring (bicyclic) bond motifs is 5. The van der Waals surface area contributed by atoms with Gasteiger partial charge in [-0.1, -0.05) is 0 Å². The van der Waals surface area contributed by atoms with Gasteiger partial charge in [0.25, 0.3) is 0 Å². The predicted octanol–water partition coefficient (Wildman–Crippen LogP) is 19.1. The average Bonchev–Trinajstić information content (AvgIpc) is 3.36. The molecule has 1 aliphatic heterocycles. The van der Waals surface area contributed by atoms with Crippen LogP contribution >= 0.6 is 17.0 Å². The van der Waals surface area contributed by atoms with Crippen molar-refractivity contribution in [2.24, 2.45) is 0 Å². The summed E-state index contributed by atoms with van der Waals surface area (Å²) >= 11 is -6.00. The standard InChI is InChI=1S/2C31H27.C12H9Si.2ClH.Zr/c2*1-2-3-12-23-21-26-19-20-28(25-15-8-5-9-16-25)31(30(26)22-23)29-18-11-10-17-27(29)24-13-6-4-7-14-24;1-3-7-11-9(5-1)10-6-2-4-8-12(10)13-11;;;/h2*4-11,13-22H,2-3,12H2,1H3;1-7H,13H2;2*1H;/q;;;;;+2/p-2. The molecule has 2 atom stereocenters. The van der Waals surface area contributed by atoms with Crippen molar-refractivity contribution in [3.05, 3.63) is 270 Å². The predicted molar refractivity (Wildman–Crippen MR) is 337 cm³/mol. The molecule has 0 aromatic heterocycles. The van der Waals surface area contributed by atoms with Crippen molar-refractivity contribution < 1.29 is 16.4 Å². The van der Waals surface area contributed by atoms with E-state index in [1.165, 1.54) is 125 Å². The van der Waals surface area contributed by atoms with Crippen molar-refractivity contribution in [3.63, 3.8) is 0 Å². The first kappa shape index (κ1) is 50.8. The van der Waals surface area contributed by atoms with Gasteiger partial charge in [0, 0.05) is 0 Å². The Bertz CT molecular complexity index is 3740. The number of hydrogen-bond acceptors (Lipinski definition) is 0. The van der Waals surface area contributed by atoms with Gasteiger partial charge in [0.05, 0.1) is 0 Å². The van der Waals surface area contributed by atoms with E-state index in [2.05, 4.69) is 263 Å². The molecule has 0 spiro atoms. The summed E-state index contributed by atoms with van der Waals surface area (Å²) in [4.78, 5) is 0. The number of hydrogen-bond donors (Lipinski definition) is 0. The van der Waals surface area contributed by atoms with Crippen molar-refractivity contribution in [2.75, 3.05) is 0 Å². The van der Waals surface area contributed by atoms with E-state index in [9.17, 15) is 17.0 Å². The Morgan fingerprint density at radius 2 is 0.731 bits per heavy atom. The fourth-order valence-electron chi connectivity index (χ4n) is 14.0. The molecular formula is C74H63Cl2SiZr. The van der Waals surface area contributed by atoms with Crippen LogP contribution in [0.2, 0.25) is 0 Å². The van der Waals surface area contributed by atoms with Crippen LogP contribution in [0.15, 0.2) is 248 Å². The van der Waals surface area contributed by atoms with Crippen LogP contribution in [0.5, 0.6) is 0 Å². The van der Waals surface area contributed by atoms with E-state index in [4.69, 9.17) is 0 Å². The van der Waals surface area contributed by atoms with E-state index in [1.807, 2.05) is 0 Å². The van der Waals surface area contributed by atoms with Crippen LogP contribution in [-0.4, -0.2) is 9.52 Å². The molecule has 0 nitrogen and oxygen atoms in total. The number of allylic oxidation sites excluding steroid dienone is 2. The minimum atomic E-state index is -6.00. The van der Waals surface area contributed by atoms with Gasteiger partial charge in [-0.3, -0.25) is 0 Å². The molecule has 2 unspecified atom stereocenters. The zero-order valence-corrected chi connectivity index (χ0v) is 49.9. The number of halogens is 2. The molecule has 1 heterocycles. The maximum atomic E-state index is 9.84. The van der Waals surface area contributed by atoms with Crippen molar-refractivity contribution in [1.29, 1.82) is 0 Å². The minimum absolute atomic E-state index is 0.206. The molecule has 0 amide bonds. The zero-order valence-electron chi connectivity index (χ0n) is 44.5. The third-order valence-electron chi connectivity index (χ3n) is 17.4. The van der Waals surface area contributed by atoms with Crippen LogP contribution in [0.4, 0.5) is 0 Å². The van der Waals surface area contributed by atoms with Crippen molar-refractivity contribution in [2.45, 2.75) is 59.6 Å². The van der Waals surface area contributed by atoms with E-state index >= 15 is 0 Å². The second kappa shape index (κ2) is 21.2. The molecule has 4 heteroatoms. The molecule has 381 valence electrons. The van der Waals surface area contributed by atoms with Gasteiger partial charge in [0.15, 0.2) is 0 Å². The Morgan fingerprint density at radius 3 is 1.17 bits per heavy atom. The van der Waals surface area contributed by atoms with E-state index < -0.39 is 25.9 Å². The molecule has 0 bridgehead atoms. The van der Waals surface area contributed by atoms with Gasteiger partial charge >= 0.3 is 476 Å². The average molecular weight is 1140 g/mol. The summed E-state index contributed by atoms with van der Waals surface area (Å²) < 4.78 is 0.864. The number of rotatable bonds is 15. The summed E-state index contributed by atoms with van der Waals surface area (Å²) in [7, 11) is 18.7. The quantitative estimate of drug-likeness (QED) is 0.0898. The van der Waals surface area contributed by atoms with Gasteiger partial charge in [0.1, 0.15) is 0 Å². The molecule has 0 saturated carbocycles. The maximum absolute atomic E-state index is 9.84. The molecule has 78 heavy (non-hydrogen) atoms. The summed E-state index contributed by atoms with van der Waals surface area (Å²) in [5.41, 5.74) is 25.2. The van der Waals surface area contributed by atoms with Crippen LogP contribution in [-0.2, 0) is 16.4 Å². The Hall–Kier alpha value is -6.64. The van der Waals surface area contributed by atoms with E-state index in [0.717, 1.165) is 38.5 Å². The second-order valence-electron chi connectivity index (χ2n) is 21.9. The fourth-order valence-corrected chi connectivity index (χ4v) is 42.0. The fraction of sp³-hybridized carbons (Fsp3) is 0.135. The van der Waals surface area contributed by atoms with Crippen LogP contribution in [0.1, 0.15) is 81.9 Å². The molecule has 0 saturated heterocycles. The van der Waals surface area contributed by atoms with Gasteiger partial charge in [-0.15, -0.1) is 0 Å². The summed E-state index contributed by atoms with van der Waals surface area (Å²) in [5.74, 6) is 0. The van der Waals surface area contributed by atoms with E-state index in [0.29, 0.717) is 0 Å². The van der Waals surface area contributed by atoms with Crippen molar-refractivity contribution in [1.82, 2.24) is 0 Å². The van der Waals surface area contributed by atoms with Gasteiger partial charge in [0.2, 0.25) is 0 Å². The van der Waals surface area contributed by atoms with Crippen molar-refractivity contribution in [3.8, 4) is 77.9 Å². The molecule has 10 aromatic carbocycles. The third kappa shape index (κ3) is 8.58. The first-order chi connectivity index (χ1) is 38.3. The second-order valence-corrected chi connectivity index (χ2v) is 44.3. The topological polar surface area (TPSA) is 0 Å². The van der Waals surface area contributed by atoms with Crippen LogP contribution in [0.25, 0.3) is 90.0 Å². The monoisotopic (exact) mass is 1140 g/mol. The van der Waals surface area contributed by atoms with Crippen molar-refractivity contribution >= 4 is 52.3 Å². The van der Waals surface area contributed by atoms with Crippen LogP contribution < -0.4 is 13.6 Å². The first-order valence-corrected chi connectivity index (χ1v) is 40.1. The number of benzene rings is 10. The van der Waals surface area contributed by atoms with Gasteiger partial charge in [-0.2, -0.15) is 0 Å². The van der Waals surface area contributed by atoms with Crippen LogP contribution in [0, 0.1) is 0 Å². The molecule has 3 aliphatic rings. The van der Waals surface area contributed by atoms with E-state index in [-0.39, 0.29) is 7.25 Å². The first-order valence-electron chi connectivity index (χ1n) is 28.3. The molecule has 0 N–H and O–H groups in total. The summed E-state index contributed by atoms with van der Waals surface area (Å²) in [5, 5.41) is 2.93. The molecule has 0 radical (unpaired) electrons. The summed E-state index contributed by atoms with van der Waals surface area (Å²) in [6, 6.07) is 87.9. The SMILES string of the molecule is CCCCC1=Cc2c(ccc(-c3ccccc3)c2-c2ccccc2-c2ccccc2)[CH]1[Zr]([Cl])([Cl])([c]1cccc2c1[SiH2]c1ccccc1-2)[CH]1C(CCCC)=Cc2c1ccc(-c1ccccc1)c2-c1ccccc1-c1ccccc1. The number of unbranched alkanes of at least 4 members (excludes halogenated alkanes) is 2.